The summed E-state index contributed by atoms with van der Waals surface area (Å²) < 4.78 is 0. The molecule has 2 N–H and O–H groups in total. The molecule has 1 atom stereocenters. The Bertz CT molecular complexity index is 521. The minimum absolute atomic E-state index is 0.205. The highest BCUT2D eigenvalue weighted by Crippen LogP contribution is 2.35. The minimum Gasteiger partial charge on any atom is -0.324 e. The van der Waals surface area contributed by atoms with E-state index in [-0.39, 0.29) is 6.04 Å². The third-order valence-corrected chi connectivity index (χ3v) is 4.34. The van der Waals surface area contributed by atoms with Crippen LogP contribution in [0.4, 0.5) is 0 Å². The summed E-state index contributed by atoms with van der Waals surface area (Å²) in [6, 6.07) is 15.3. The van der Waals surface area contributed by atoms with Gasteiger partial charge in [0.1, 0.15) is 0 Å². The zero-order chi connectivity index (χ0) is 12.4. The second-order valence-corrected chi connectivity index (χ2v) is 5.49. The predicted octanol–water partition coefficient (Wildman–Crippen LogP) is 4.42. The van der Waals surface area contributed by atoms with Crippen molar-refractivity contribution in [1.29, 1.82) is 0 Å². The van der Waals surface area contributed by atoms with Gasteiger partial charge in [-0.15, -0.1) is 0 Å². The minimum atomic E-state index is 0.205. The first-order valence-electron chi connectivity index (χ1n) is 7.09. The van der Waals surface area contributed by atoms with E-state index in [2.05, 4.69) is 42.5 Å². The molecule has 0 heterocycles. The molecular weight excluding hydrogens is 218 g/mol. The lowest BCUT2D eigenvalue weighted by Gasteiger charge is -2.28. The van der Waals surface area contributed by atoms with E-state index >= 15 is 0 Å². The highest BCUT2D eigenvalue weighted by molar-refractivity contribution is 5.86. The Labute approximate surface area is 109 Å². The van der Waals surface area contributed by atoms with Gasteiger partial charge in [-0.3, -0.25) is 0 Å². The van der Waals surface area contributed by atoms with Gasteiger partial charge in [-0.25, -0.2) is 0 Å². The molecule has 0 bridgehead atoms. The molecule has 0 aromatic heterocycles. The summed E-state index contributed by atoms with van der Waals surface area (Å²) in [5, 5.41) is 2.64. The standard InChI is InChI=1S/C17H21N/c18-17(14-8-2-1-3-9-14)16-12-6-10-13-7-4-5-11-15(13)16/h4-7,10-12,14,17H,1-3,8-9,18H2. The van der Waals surface area contributed by atoms with Crippen LogP contribution in [-0.2, 0) is 0 Å². The average Bonchev–Trinajstić information content (AvgIpc) is 2.47. The summed E-state index contributed by atoms with van der Waals surface area (Å²) in [6.45, 7) is 0. The van der Waals surface area contributed by atoms with Crippen LogP contribution in [0.15, 0.2) is 42.5 Å². The van der Waals surface area contributed by atoms with E-state index < -0.39 is 0 Å². The number of benzene rings is 2. The van der Waals surface area contributed by atoms with Crippen molar-refractivity contribution in [3.63, 3.8) is 0 Å². The smallest absolute Gasteiger partial charge is 0.0329 e. The Balaban J connectivity index is 1.97. The number of nitrogens with two attached hydrogens (primary N) is 1. The third kappa shape index (κ3) is 2.15. The summed E-state index contributed by atoms with van der Waals surface area (Å²) in [7, 11) is 0. The second kappa shape index (κ2) is 5.11. The number of hydrogen-bond donors (Lipinski definition) is 1. The van der Waals surface area contributed by atoms with Crippen molar-refractivity contribution in [2.24, 2.45) is 11.7 Å². The molecule has 2 aromatic carbocycles. The van der Waals surface area contributed by atoms with Crippen molar-refractivity contribution < 1.29 is 0 Å². The molecule has 1 heteroatoms. The molecule has 1 aliphatic carbocycles. The first kappa shape index (κ1) is 11.7. The quantitative estimate of drug-likeness (QED) is 0.824. The van der Waals surface area contributed by atoms with Crippen molar-refractivity contribution in [3.05, 3.63) is 48.0 Å². The van der Waals surface area contributed by atoms with Gasteiger partial charge in [0.15, 0.2) is 0 Å². The number of hydrogen-bond acceptors (Lipinski definition) is 1. The molecule has 1 nitrogen and oxygen atoms in total. The summed E-state index contributed by atoms with van der Waals surface area (Å²) in [6.07, 6.45) is 6.68. The molecule has 1 fully saturated rings. The van der Waals surface area contributed by atoms with E-state index in [1.807, 2.05) is 0 Å². The maximum absolute atomic E-state index is 6.54. The third-order valence-electron chi connectivity index (χ3n) is 4.34. The predicted molar refractivity (Wildman–Crippen MR) is 77.5 cm³/mol. The van der Waals surface area contributed by atoms with Crippen LogP contribution in [0.25, 0.3) is 10.8 Å². The van der Waals surface area contributed by atoms with Crippen molar-refractivity contribution in [2.45, 2.75) is 38.1 Å². The van der Waals surface area contributed by atoms with Crippen LogP contribution in [0.2, 0.25) is 0 Å². The van der Waals surface area contributed by atoms with Gasteiger partial charge in [0.2, 0.25) is 0 Å². The van der Waals surface area contributed by atoms with Crippen LogP contribution in [-0.4, -0.2) is 0 Å². The molecule has 0 amide bonds. The lowest BCUT2D eigenvalue weighted by atomic mass is 9.80. The fourth-order valence-corrected chi connectivity index (χ4v) is 3.29. The molecule has 0 aliphatic heterocycles. The summed E-state index contributed by atoms with van der Waals surface area (Å²) in [4.78, 5) is 0. The van der Waals surface area contributed by atoms with Gasteiger partial charge >= 0.3 is 0 Å². The van der Waals surface area contributed by atoms with Gasteiger partial charge in [-0.1, -0.05) is 61.7 Å². The van der Waals surface area contributed by atoms with Crippen LogP contribution < -0.4 is 5.73 Å². The lowest BCUT2D eigenvalue weighted by Crippen LogP contribution is -2.23. The summed E-state index contributed by atoms with van der Waals surface area (Å²) in [5.41, 5.74) is 7.87. The van der Waals surface area contributed by atoms with Gasteiger partial charge in [0.25, 0.3) is 0 Å². The van der Waals surface area contributed by atoms with Crippen LogP contribution in [0.5, 0.6) is 0 Å². The first-order chi connectivity index (χ1) is 8.86. The van der Waals surface area contributed by atoms with Gasteiger partial charge in [-0.2, -0.15) is 0 Å². The fourth-order valence-electron chi connectivity index (χ4n) is 3.29. The number of fused-ring (bicyclic) bond motifs is 1. The highest BCUT2D eigenvalue weighted by atomic mass is 14.7. The monoisotopic (exact) mass is 239 g/mol. The largest absolute Gasteiger partial charge is 0.324 e. The molecule has 18 heavy (non-hydrogen) atoms. The van der Waals surface area contributed by atoms with Crippen LogP contribution in [0.3, 0.4) is 0 Å². The van der Waals surface area contributed by atoms with Crippen LogP contribution >= 0.6 is 0 Å². The van der Waals surface area contributed by atoms with E-state index in [0.29, 0.717) is 5.92 Å². The molecule has 0 radical (unpaired) electrons. The van der Waals surface area contributed by atoms with Crippen molar-refractivity contribution in [1.82, 2.24) is 0 Å². The zero-order valence-corrected chi connectivity index (χ0v) is 10.8. The summed E-state index contributed by atoms with van der Waals surface area (Å²) >= 11 is 0. The molecule has 3 rings (SSSR count). The van der Waals surface area contributed by atoms with E-state index in [1.54, 1.807) is 0 Å². The molecule has 0 saturated heterocycles. The van der Waals surface area contributed by atoms with E-state index in [0.717, 1.165) is 0 Å². The maximum atomic E-state index is 6.54. The maximum Gasteiger partial charge on any atom is 0.0329 e. The van der Waals surface area contributed by atoms with E-state index in [4.69, 9.17) is 5.73 Å². The fraction of sp³-hybridized carbons (Fsp3) is 0.412. The Hall–Kier alpha value is -1.34. The van der Waals surface area contributed by atoms with E-state index in [1.165, 1.54) is 48.4 Å². The zero-order valence-electron chi connectivity index (χ0n) is 10.8. The normalized spacial score (nSPS) is 18.9. The highest BCUT2D eigenvalue weighted by Gasteiger charge is 2.22. The lowest BCUT2D eigenvalue weighted by molar-refractivity contribution is 0.309. The molecule has 0 spiro atoms. The number of rotatable bonds is 2. The van der Waals surface area contributed by atoms with Gasteiger partial charge in [0.05, 0.1) is 0 Å². The van der Waals surface area contributed by atoms with Crippen LogP contribution in [0, 0.1) is 5.92 Å². The Morgan fingerprint density at radius 3 is 2.44 bits per heavy atom. The Morgan fingerprint density at radius 2 is 1.61 bits per heavy atom. The van der Waals surface area contributed by atoms with Crippen LogP contribution in [0.1, 0.15) is 43.7 Å². The Kier molecular flexibility index (Phi) is 3.33. The SMILES string of the molecule is NC(c1cccc2ccccc12)C1CCCCC1. The van der Waals surface area contributed by atoms with Gasteiger partial charge in [-0.05, 0) is 35.1 Å². The first-order valence-corrected chi connectivity index (χ1v) is 7.09. The summed E-state index contributed by atoms with van der Waals surface area (Å²) in [5.74, 6) is 0.671. The van der Waals surface area contributed by atoms with Crippen molar-refractivity contribution >= 4 is 10.8 Å². The molecular formula is C17H21N. The van der Waals surface area contributed by atoms with Gasteiger partial charge in [0, 0.05) is 6.04 Å². The topological polar surface area (TPSA) is 26.0 Å². The van der Waals surface area contributed by atoms with E-state index in [9.17, 15) is 0 Å². The molecule has 1 saturated carbocycles. The van der Waals surface area contributed by atoms with Crippen molar-refractivity contribution in [3.8, 4) is 0 Å². The average molecular weight is 239 g/mol. The van der Waals surface area contributed by atoms with Gasteiger partial charge < -0.3 is 5.73 Å². The second-order valence-electron chi connectivity index (χ2n) is 5.49. The molecule has 1 unspecified atom stereocenters. The molecule has 1 aliphatic rings. The molecule has 94 valence electrons. The van der Waals surface area contributed by atoms with Crippen molar-refractivity contribution in [2.75, 3.05) is 0 Å². The Morgan fingerprint density at radius 1 is 0.889 bits per heavy atom. The molecule has 2 aromatic rings.